The number of carbonyl (C=O) groups is 1. The van der Waals surface area contributed by atoms with Gasteiger partial charge in [-0.2, -0.15) is 5.10 Å². The molecule has 26 heavy (non-hydrogen) atoms. The Kier molecular flexibility index (Phi) is 4.62. The van der Waals surface area contributed by atoms with E-state index in [1.807, 2.05) is 55.7 Å². The molecule has 7 heteroatoms. The third kappa shape index (κ3) is 3.43. The van der Waals surface area contributed by atoms with Crippen molar-refractivity contribution in [3.05, 3.63) is 71.7 Å². The Labute approximate surface area is 155 Å². The number of aromatic nitrogens is 3. The lowest BCUT2D eigenvalue weighted by Gasteiger charge is -2.15. The Morgan fingerprint density at radius 3 is 2.88 bits per heavy atom. The van der Waals surface area contributed by atoms with Crippen molar-refractivity contribution in [3.63, 3.8) is 0 Å². The Hall–Kier alpha value is -2.80. The van der Waals surface area contributed by atoms with Gasteiger partial charge in [0.15, 0.2) is 0 Å². The summed E-state index contributed by atoms with van der Waals surface area (Å²) in [6.45, 7) is 0.434. The number of anilines is 1. The van der Waals surface area contributed by atoms with Crippen LogP contribution in [0.3, 0.4) is 0 Å². The maximum absolute atomic E-state index is 11.9. The van der Waals surface area contributed by atoms with Gasteiger partial charge in [-0.15, -0.1) is 11.8 Å². The molecule has 1 aliphatic rings. The average molecular weight is 366 g/mol. The highest BCUT2D eigenvalue weighted by Crippen LogP contribution is 2.41. The number of nitrogens with zero attached hydrogens (tertiary/aromatic N) is 3. The molecule has 132 valence electrons. The van der Waals surface area contributed by atoms with Crippen molar-refractivity contribution < 1.29 is 9.53 Å². The van der Waals surface area contributed by atoms with E-state index in [4.69, 9.17) is 4.74 Å². The molecule has 6 nitrogen and oxygen atoms in total. The molecule has 1 aromatic carbocycles. The topological polar surface area (TPSA) is 69.0 Å². The number of nitrogens with one attached hydrogen (secondary N) is 1. The molecule has 1 N–H and O–H groups in total. The molecule has 0 saturated heterocycles. The van der Waals surface area contributed by atoms with Crippen LogP contribution in [0.5, 0.6) is 5.75 Å². The highest BCUT2D eigenvalue weighted by Gasteiger charge is 2.26. The van der Waals surface area contributed by atoms with Gasteiger partial charge in [-0.05, 0) is 29.8 Å². The molecule has 0 fully saturated rings. The van der Waals surface area contributed by atoms with Crippen LogP contribution in [0.4, 0.5) is 5.82 Å². The molecule has 2 aromatic heterocycles. The summed E-state index contributed by atoms with van der Waals surface area (Å²) in [5, 5.41) is 7.27. The number of benzene rings is 1. The van der Waals surface area contributed by atoms with Crippen molar-refractivity contribution >= 4 is 23.5 Å². The normalized spacial score (nSPS) is 16.5. The molecule has 0 radical (unpaired) electrons. The number of pyridine rings is 1. The third-order valence-corrected chi connectivity index (χ3v) is 5.47. The molecule has 0 unspecified atom stereocenters. The van der Waals surface area contributed by atoms with Crippen molar-refractivity contribution in [2.24, 2.45) is 7.05 Å². The van der Waals surface area contributed by atoms with Crippen LogP contribution in [0.15, 0.2) is 54.9 Å². The quantitative estimate of drug-likeness (QED) is 0.768. The van der Waals surface area contributed by atoms with Gasteiger partial charge in [0.2, 0.25) is 5.91 Å². The van der Waals surface area contributed by atoms with E-state index < -0.39 is 0 Å². The van der Waals surface area contributed by atoms with Gasteiger partial charge in [-0.1, -0.05) is 18.2 Å². The molecule has 0 saturated carbocycles. The molecule has 0 bridgehead atoms. The van der Waals surface area contributed by atoms with Crippen LogP contribution in [-0.2, 0) is 18.4 Å². The molecular weight excluding hydrogens is 348 g/mol. The maximum Gasteiger partial charge on any atom is 0.235 e. The average Bonchev–Trinajstić information content (AvgIpc) is 2.93. The minimum Gasteiger partial charge on any atom is -0.487 e. The number of hydrogen-bond donors (Lipinski definition) is 1. The standard InChI is InChI=1S/C19H18N4O2S/c1-23-19-16(10-21-23)18(26-12-17(24)22-19)13-5-7-15(8-6-13)25-11-14-4-2-3-9-20-14/h2-10,18H,11-12H2,1H3,(H,22,24)/t18-/m0/s1. The molecule has 3 aromatic rings. The van der Waals surface area contributed by atoms with Crippen molar-refractivity contribution in [2.75, 3.05) is 11.1 Å². The summed E-state index contributed by atoms with van der Waals surface area (Å²) in [7, 11) is 1.83. The predicted octanol–water partition coefficient (Wildman–Crippen LogP) is 3.17. The summed E-state index contributed by atoms with van der Waals surface area (Å²) in [5.41, 5.74) is 3.02. The molecule has 1 atom stereocenters. The third-order valence-electron chi connectivity index (χ3n) is 4.18. The maximum atomic E-state index is 11.9. The first-order chi connectivity index (χ1) is 12.7. The van der Waals surface area contributed by atoms with Crippen LogP contribution in [0, 0.1) is 0 Å². The van der Waals surface area contributed by atoms with Crippen LogP contribution >= 0.6 is 11.8 Å². The number of carbonyl (C=O) groups excluding carboxylic acids is 1. The molecule has 1 amide bonds. The van der Waals surface area contributed by atoms with Gasteiger partial charge < -0.3 is 10.1 Å². The first-order valence-corrected chi connectivity index (χ1v) is 9.31. The van der Waals surface area contributed by atoms with Gasteiger partial charge in [0, 0.05) is 18.8 Å². The largest absolute Gasteiger partial charge is 0.487 e. The highest BCUT2D eigenvalue weighted by molar-refractivity contribution is 8.00. The fourth-order valence-corrected chi connectivity index (χ4v) is 3.96. The number of aryl methyl sites for hydroxylation is 1. The fraction of sp³-hybridized carbons (Fsp3) is 0.211. The summed E-state index contributed by atoms with van der Waals surface area (Å²) >= 11 is 1.60. The first kappa shape index (κ1) is 16.7. The molecule has 3 heterocycles. The molecule has 0 spiro atoms. The zero-order valence-electron chi connectivity index (χ0n) is 14.3. The fourth-order valence-electron chi connectivity index (χ4n) is 2.87. The second-order valence-corrected chi connectivity index (χ2v) is 7.08. The smallest absolute Gasteiger partial charge is 0.235 e. The number of amides is 1. The van der Waals surface area contributed by atoms with Crippen LogP contribution in [0.25, 0.3) is 0 Å². The highest BCUT2D eigenvalue weighted by atomic mass is 32.2. The molecule has 0 aliphatic carbocycles. The SMILES string of the molecule is Cn1ncc2c1NC(=O)CS[C@H]2c1ccc(OCc2ccccn2)cc1. The number of fused-ring (bicyclic) bond motifs is 1. The Morgan fingerprint density at radius 2 is 2.12 bits per heavy atom. The molecule has 4 rings (SSSR count). The Balaban J connectivity index is 1.52. The Morgan fingerprint density at radius 1 is 1.27 bits per heavy atom. The van der Waals surface area contributed by atoms with Crippen molar-refractivity contribution in [1.82, 2.24) is 14.8 Å². The minimum atomic E-state index is -0.00216. The summed E-state index contributed by atoms with van der Waals surface area (Å²) < 4.78 is 7.50. The first-order valence-electron chi connectivity index (χ1n) is 8.27. The predicted molar refractivity (Wildman–Crippen MR) is 101 cm³/mol. The zero-order chi connectivity index (χ0) is 17.9. The zero-order valence-corrected chi connectivity index (χ0v) is 15.1. The van der Waals surface area contributed by atoms with Gasteiger partial charge in [0.25, 0.3) is 0 Å². The van der Waals surface area contributed by atoms with E-state index >= 15 is 0 Å². The second kappa shape index (κ2) is 7.21. The monoisotopic (exact) mass is 366 g/mol. The van der Waals surface area contributed by atoms with E-state index in [1.165, 1.54) is 0 Å². The molecular formula is C19H18N4O2S. The summed E-state index contributed by atoms with van der Waals surface area (Å²) in [6, 6.07) is 13.7. The molecule has 1 aliphatic heterocycles. The van der Waals surface area contributed by atoms with Gasteiger partial charge in [-0.25, -0.2) is 0 Å². The van der Waals surface area contributed by atoms with Gasteiger partial charge in [0.05, 0.1) is 22.9 Å². The summed E-state index contributed by atoms with van der Waals surface area (Å²) in [6.07, 6.45) is 3.58. The van der Waals surface area contributed by atoms with E-state index in [9.17, 15) is 4.79 Å². The van der Waals surface area contributed by atoms with E-state index in [0.29, 0.717) is 12.4 Å². The van der Waals surface area contributed by atoms with E-state index in [2.05, 4.69) is 15.4 Å². The minimum absolute atomic E-state index is 0.00216. The van der Waals surface area contributed by atoms with E-state index in [1.54, 1.807) is 22.6 Å². The van der Waals surface area contributed by atoms with Gasteiger partial charge >= 0.3 is 0 Å². The number of rotatable bonds is 4. The summed E-state index contributed by atoms with van der Waals surface area (Å²) in [5.74, 6) is 1.97. The number of thioether (sulfide) groups is 1. The van der Waals surface area contributed by atoms with E-state index in [-0.39, 0.29) is 11.2 Å². The van der Waals surface area contributed by atoms with Crippen LogP contribution < -0.4 is 10.1 Å². The van der Waals surface area contributed by atoms with Gasteiger partial charge in [0.1, 0.15) is 18.2 Å². The number of ether oxygens (including phenoxy) is 1. The second-order valence-electron chi connectivity index (χ2n) is 5.99. The van der Waals surface area contributed by atoms with Crippen molar-refractivity contribution in [3.8, 4) is 5.75 Å². The van der Waals surface area contributed by atoms with Crippen LogP contribution in [0.2, 0.25) is 0 Å². The van der Waals surface area contributed by atoms with Crippen molar-refractivity contribution in [2.45, 2.75) is 11.9 Å². The van der Waals surface area contributed by atoms with Crippen LogP contribution in [-0.4, -0.2) is 26.4 Å². The number of hydrogen-bond acceptors (Lipinski definition) is 5. The van der Waals surface area contributed by atoms with Crippen LogP contribution in [0.1, 0.15) is 22.1 Å². The van der Waals surface area contributed by atoms with Gasteiger partial charge in [-0.3, -0.25) is 14.5 Å². The summed E-state index contributed by atoms with van der Waals surface area (Å²) in [4.78, 5) is 16.2. The Bertz CT molecular complexity index is 909. The lowest BCUT2D eigenvalue weighted by molar-refractivity contribution is -0.113. The lowest BCUT2D eigenvalue weighted by atomic mass is 10.1. The van der Waals surface area contributed by atoms with E-state index in [0.717, 1.165) is 28.4 Å². The lowest BCUT2D eigenvalue weighted by Crippen LogP contribution is -2.15. The van der Waals surface area contributed by atoms with Crippen molar-refractivity contribution in [1.29, 1.82) is 0 Å².